The van der Waals surface area contributed by atoms with Gasteiger partial charge in [-0.25, -0.2) is 0 Å². The van der Waals surface area contributed by atoms with Crippen LogP contribution in [0.5, 0.6) is 5.75 Å². The smallest absolute Gasteiger partial charge is 0.119 e. The SMILES string of the molecule is CCCCCC(C)(CC)c1ccc(OCCO)cc1. The van der Waals surface area contributed by atoms with Crippen LogP contribution in [-0.2, 0) is 5.41 Å². The van der Waals surface area contributed by atoms with E-state index in [2.05, 4.69) is 32.9 Å². The van der Waals surface area contributed by atoms with Crippen LogP contribution in [0.25, 0.3) is 0 Å². The largest absolute Gasteiger partial charge is 0.491 e. The maximum atomic E-state index is 8.74. The lowest BCUT2D eigenvalue weighted by Gasteiger charge is -2.29. The van der Waals surface area contributed by atoms with Crippen LogP contribution < -0.4 is 4.74 Å². The molecule has 0 aliphatic heterocycles. The molecular weight excluding hydrogens is 236 g/mol. The molecule has 0 amide bonds. The summed E-state index contributed by atoms with van der Waals surface area (Å²) in [5.74, 6) is 0.838. The van der Waals surface area contributed by atoms with Crippen molar-refractivity contribution in [3.8, 4) is 5.75 Å². The van der Waals surface area contributed by atoms with Gasteiger partial charge in [-0.05, 0) is 36.0 Å². The summed E-state index contributed by atoms with van der Waals surface area (Å²) < 4.78 is 5.40. The van der Waals surface area contributed by atoms with Gasteiger partial charge >= 0.3 is 0 Å². The zero-order chi connectivity index (χ0) is 14.1. The molecule has 1 N–H and O–H groups in total. The fraction of sp³-hybridized carbons (Fsp3) is 0.647. The molecule has 19 heavy (non-hydrogen) atoms. The number of rotatable bonds is 9. The summed E-state index contributed by atoms with van der Waals surface area (Å²) in [6.07, 6.45) is 6.28. The van der Waals surface area contributed by atoms with Crippen LogP contribution >= 0.6 is 0 Å². The van der Waals surface area contributed by atoms with E-state index < -0.39 is 0 Å². The third-order valence-electron chi connectivity index (χ3n) is 4.02. The maximum absolute atomic E-state index is 8.74. The highest BCUT2D eigenvalue weighted by atomic mass is 16.5. The number of benzene rings is 1. The highest BCUT2D eigenvalue weighted by Gasteiger charge is 2.23. The number of hydrogen-bond donors (Lipinski definition) is 1. The van der Waals surface area contributed by atoms with Gasteiger partial charge in [0.2, 0.25) is 0 Å². The van der Waals surface area contributed by atoms with Gasteiger partial charge in [-0.15, -0.1) is 0 Å². The van der Waals surface area contributed by atoms with E-state index in [1.165, 1.54) is 31.2 Å². The molecule has 2 nitrogen and oxygen atoms in total. The normalized spacial score (nSPS) is 14.1. The van der Waals surface area contributed by atoms with E-state index in [9.17, 15) is 0 Å². The molecule has 0 spiro atoms. The Labute approximate surface area is 117 Å². The van der Waals surface area contributed by atoms with Crippen molar-refractivity contribution in [2.75, 3.05) is 13.2 Å². The molecule has 0 fully saturated rings. The second-order valence-corrected chi connectivity index (χ2v) is 5.47. The van der Waals surface area contributed by atoms with Gasteiger partial charge in [-0.2, -0.15) is 0 Å². The first-order valence-corrected chi connectivity index (χ1v) is 7.50. The van der Waals surface area contributed by atoms with Crippen LogP contribution in [0.15, 0.2) is 24.3 Å². The monoisotopic (exact) mass is 264 g/mol. The predicted molar refractivity (Wildman–Crippen MR) is 80.8 cm³/mol. The highest BCUT2D eigenvalue weighted by molar-refractivity contribution is 5.32. The molecule has 0 aliphatic rings. The Morgan fingerprint density at radius 3 is 2.32 bits per heavy atom. The molecule has 0 saturated heterocycles. The zero-order valence-electron chi connectivity index (χ0n) is 12.6. The fourth-order valence-corrected chi connectivity index (χ4v) is 2.41. The van der Waals surface area contributed by atoms with Crippen LogP contribution in [0.3, 0.4) is 0 Å². The lowest BCUT2D eigenvalue weighted by Crippen LogP contribution is -2.20. The second kappa shape index (κ2) is 8.21. The molecule has 0 aromatic heterocycles. The number of aliphatic hydroxyl groups excluding tert-OH is 1. The van der Waals surface area contributed by atoms with Gasteiger partial charge in [0.05, 0.1) is 6.61 Å². The molecule has 1 rings (SSSR count). The summed E-state index contributed by atoms with van der Waals surface area (Å²) in [5, 5.41) is 8.74. The standard InChI is InChI=1S/C17H28O2/c1-4-6-7-12-17(3,5-2)15-8-10-16(11-9-15)19-14-13-18/h8-11,18H,4-7,12-14H2,1-3H3. The summed E-state index contributed by atoms with van der Waals surface area (Å²) >= 11 is 0. The van der Waals surface area contributed by atoms with Gasteiger partial charge in [0, 0.05) is 0 Å². The van der Waals surface area contributed by atoms with E-state index in [4.69, 9.17) is 9.84 Å². The minimum Gasteiger partial charge on any atom is -0.491 e. The van der Waals surface area contributed by atoms with Crippen molar-refractivity contribution in [3.05, 3.63) is 29.8 Å². The van der Waals surface area contributed by atoms with Crippen LogP contribution in [-0.4, -0.2) is 18.3 Å². The predicted octanol–water partition coefficient (Wildman–Crippen LogP) is 4.31. The quantitative estimate of drug-likeness (QED) is 0.674. The molecule has 2 heteroatoms. The van der Waals surface area contributed by atoms with Crippen LogP contribution in [0.1, 0.15) is 58.4 Å². The van der Waals surface area contributed by atoms with E-state index >= 15 is 0 Å². The Morgan fingerprint density at radius 1 is 1.11 bits per heavy atom. The van der Waals surface area contributed by atoms with Crippen molar-refractivity contribution in [1.82, 2.24) is 0 Å². The van der Waals surface area contributed by atoms with Gasteiger partial charge in [-0.3, -0.25) is 0 Å². The Kier molecular flexibility index (Phi) is 6.93. The Balaban J connectivity index is 2.69. The van der Waals surface area contributed by atoms with Crippen molar-refractivity contribution in [2.24, 2.45) is 0 Å². The van der Waals surface area contributed by atoms with Gasteiger partial charge in [-0.1, -0.05) is 52.2 Å². The van der Waals surface area contributed by atoms with Crippen molar-refractivity contribution in [2.45, 2.75) is 58.3 Å². The number of ether oxygens (including phenoxy) is 1. The zero-order valence-corrected chi connectivity index (χ0v) is 12.6. The number of aliphatic hydroxyl groups is 1. The Bertz CT molecular complexity index is 345. The summed E-state index contributed by atoms with van der Waals surface area (Å²) in [4.78, 5) is 0. The fourth-order valence-electron chi connectivity index (χ4n) is 2.41. The van der Waals surface area contributed by atoms with Crippen molar-refractivity contribution in [3.63, 3.8) is 0 Å². The number of hydrogen-bond acceptors (Lipinski definition) is 2. The first-order chi connectivity index (χ1) is 9.16. The van der Waals surface area contributed by atoms with E-state index in [1.54, 1.807) is 0 Å². The summed E-state index contributed by atoms with van der Waals surface area (Å²) in [6.45, 7) is 7.29. The lowest BCUT2D eigenvalue weighted by molar-refractivity contribution is 0.201. The average molecular weight is 264 g/mol. The van der Waals surface area contributed by atoms with E-state index in [-0.39, 0.29) is 12.0 Å². The van der Waals surface area contributed by atoms with Gasteiger partial charge in [0.25, 0.3) is 0 Å². The highest BCUT2D eigenvalue weighted by Crippen LogP contribution is 2.34. The maximum Gasteiger partial charge on any atom is 0.119 e. The van der Waals surface area contributed by atoms with Gasteiger partial charge in [0.1, 0.15) is 12.4 Å². The molecule has 1 unspecified atom stereocenters. The molecule has 1 atom stereocenters. The van der Waals surface area contributed by atoms with E-state index in [0.717, 1.165) is 12.2 Å². The molecule has 108 valence electrons. The van der Waals surface area contributed by atoms with Crippen molar-refractivity contribution in [1.29, 1.82) is 0 Å². The molecule has 0 aliphatic carbocycles. The third-order valence-corrected chi connectivity index (χ3v) is 4.02. The molecular formula is C17H28O2. The molecule has 0 saturated carbocycles. The summed E-state index contributed by atoms with van der Waals surface area (Å²) in [6, 6.07) is 8.36. The van der Waals surface area contributed by atoms with Crippen molar-refractivity contribution >= 4 is 0 Å². The van der Waals surface area contributed by atoms with Crippen molar-refractivity contribution < 1.29 is 9.84 Å². The van der Waals surface area contributed by atoms with Crippen LogP contribution in [0, 0.1) is 0 Å². The van der Waals surface area contributed by atoms with E-state index in [0.29, 0.717) is 6.61 Å². The Morgan fingerprint density at radius 2 is 1.79 bits per heavy atom. The molecule has 0 bridgehead atoms. The molecule has 1 aromatic carbocycles. The first kappa shape index (κ1) is 16.0. The third kappa shape index (κ3) is 4.87. The van der Waals surface area contributed by atoms with Gasteiger partial charge in [0.15, 0.2) is 0 Å². The summed E-state index contributed by atoms with van der Waals surface area (Å²) in [7, 11) is 0. The molecule has 0 heterocycles. The lowest BCUT2D eigenvalue weighted by atomic mass is 9.76. The molecule has 1 aromatic rings. The minimum absolute atomic E-state index is 0.0610. The average Bonchev–Trinajstić information content (AvgIpc) is 2.45. The van der Waals surface area contributed by atoms with Crippen LogP contribution in [0.2, 0.25) is 0 Å². The van der Waals surface area contributed by atoms with Crippen LogP contribution in [0.4, 0.5) is 0 Å². The topological polar surface area (TPSA) is 29.5 Å². The number of unbranched alkanes of at least 4 members (excludes halogenated alkanes) is 2. The second-order valence-electron chi connectivity index (χ2n) is 5.47. The first-order valence-electron chi connectivity index (χ1n) is 7.50. The van der Waals surface area contributed by atoms with Gasteiger partial charge < -0.3 is 9.84 Å². The van der Waals surface area contributed by atoms with E-state index in [1.807, 2.05) is 12.1 Å². The summed E-state index contributed by atoms with van der Waals surface area (Å²) in [5.41, 5.74) is 1.66. The Hall–Kier alpha value is -1.02. The molecule has 0 radical (unpaired) electrons. The minimum atomic E-state index is 0.0610.